The Morgan fingerprint density at radius 3 is 2.47 bits per heavy atom. The fourth-order valence-corrected chi connectivity index (χ4v) is 2.31. The van der Waals surface area contributed by atoms with Crippen LogP contribution in [0.15, 0.2) is 42.5 Å². The third-order valence-electron chi connectivity index (χ3n) is 2.97. The maximum atomic E-state index is 5.97. The number of halogens is 1. The molecule has 0 fully saturated rings. The third-order valence-corrected chi connectivity index (χ3v) is 3.58. The van der Waals surface area contributed by atoms with E-state index in [-0.39, 0.29) is 0 Å². The topological polar surface area (TPSA) is 18.5 Å². The van der Waals surface area contributed by atoms with Gasteiger partial charge in [-0.3, -0.25) is 0 Å². The summed E-state index contributed by atoms with van der Waals surface area (Å²) in [6.45, 7) is 2.12. The summed E-state index contributed by atoms with van der Waals surface area (Å²) in [5.74, 6) is 2.36. The zero-order chi connectivity index (χ0) is 13.7. The minimum absolute atomic E-state index is 0.744. The van der Waals surface area contributed by atoms with Crippen molar-refractivity contribution in [1.29, 1.82) is 0 Å². The first-order chi connectivity index (χ1) is 9.28. The maximum absolute atomic E-state index is 5.97. The Labute approximate surface area is 122 Å². The third kappa shape index (κ3) is 3.29. The van der Waals surface area contributed by atoms with E-state index < -0.39 is 0 Å². The molecule has 0 amide bonds. The second kappa shape index (κ2) is 6.62. The van der Waals surface area contributed by atoms with Gasteiger partial charge < -0.3 is 9.47 Å². The minimum Gasteiger partial charge on any atom is -0.493 e. The predicted molar refractivity (Wildman–Crippen MR) is 81.5 cm³/mol. The van der Waals surface area contributed by atoms with E-state index in [4.69, 9.17) is 9.47 Å². The molecule has 0 atom stereocenters. The summed E-state index contributed by atoms with van der Waals surface area (Å²) in [5, 5.41) is 0.762. The molecule has 2 aromatic rings. The molecule has 0 aliphatic heterocycles. The fourth-order valence-electron chi connectivity index (χ4n) is 1.85. The van der Waals surface area contributed by atoms with E-state index in [2.05, 4.69) is 28.9 Å². The van der Waals surface area contributed by atoms with E-state index in [9.17, 15) is 0 Å². The lowest BCUT2D eigenvalue weighted by Gasteiger charge is -2.13. The molecule has 100 valence electrons. The van der Waals surface area contributed by atoms with E-state index in [1.54, 1.807) is 7.11 Å². The van der Waals surface area contributed by atoms with E-state index >= 15 is 0 Å². The Morgan fingerprint density at radius 2 is 1.79 bits per heavy atom. The number of para-hydroxylation sites is 1. The molecule has 0 saturated heterocycles. The van der Waals surface area contributed by atoms with Crippen LogP contribution in [0, 0.1) is 0 Å². The second-order valence-corrected chi connectivity index (χ2v) is 4.74. The lowest BCUT2D eigenvalue weighted by molar-refractivity contribution is 0.377. The van der Waals surface area contributed by atoms with Crippen LogP contribution >= 0.6 is 15.9 Å². The fraction of sp³-hybridized carbons (Fsp3) is 0.250. The quantitative estimate of drug-likeness (QED) is 0.726. The summed E-state index contributed by atoms with van der Waals surface area (Å²) in [6.07, 6.45) is 0.981. The number of methoxy groups -OCH3 is 1. The van der Waals surface area contributed by atoms with E-state index in [0.717, 1.165) is 34.6 Å². The van der Waals surface area contributed by atoms with Gasteiger partial charge in [-0.25, -0.2) is 0 Å². The summed E-state index contributed by atoms with van der Waals surface area (Å²) < 4.78 is 11.4. The Kier molecular flexibility index (Phi) is 4.86. The van der Waals surface area contributed by atoms with Crippen molar-refractivity contribution in [1.82, 2.24) is 0 Å². The van der Waals surface area contributed by atoms with Gasteiger partial charge in [-0.05, 0) is 30.2 Å². The van der Waals surface area contributed by atoms with Crippen LogP contribution < -0.4 is 9.47 Å². The standard InChI is InChI=1S/C16H17BrO2/c1-3-12-8-9-15(16(10-12)18-2)19-14-7-5-4-6-13(14)11-17/h4-10H,3,11H2,1-2H3. The molecule has 0 radical (unpaired) electrons. The molecule has 19 heavy (non-hydrogen) atoms. The van der Waals surface area contributed by atoms with Crippen molar-refractivity contribution >= 4 is 15.9 Å². The molecule has 0 unspecified atom stereocenters. The van der Waals surface area contributed by atoms with Crippen LogP contribution in [0.4, 0.5) is 0 Å². The molecule has 0 heterocycles. The SMILES string of the molecule is CCc1ccc(Oc2ccccc2CBr)c(OC)c1. The molecule has 2 aromatic carbocycles. The van der Waals surface area contributed by atoms with Crippen molar-refractivity contribution in [3.8, 4) is 17.2 Å². The van der Waals surface area contributed by atoms with Crippen molar-refractivity contribution in [3.05, 3.63) is 53.6 Å². The monoisotopic (exact) mass is 320 g/mol. The van der Waals surface area contributed by atoms with Crippen LogP contribution in [0.3, 0.4) is 0 Å². The highest BCUT2D eigenvalue weighted by molar-refractivity contribution is 9.08. The van der Waals surface area contributed by atoms with Crippen LogP contribution in [0.2, 0.25) is 0 Å². The molecule has 0 aromatic heterocycles. The Hall–Kier alpha value is -1.48. The van der Waals surface area contributed by atoms with Crippen LogP contribution in [0.5, 0.6) is 17.2 Å². The van der Waals surface area contributed by atoms with Gasteiger partial charge in [0.15, 0.2) is 11.5 Å². The average Bonchev–Trinajstić information content (AvgIpc) is 2.48. The largest absolute Gasteiger partial charge is 0.493 e. The van der Waals surface area contributed by atoms with Crippen LogP contribution in [0.1, 0.15) is 18.1 Å². The van der Waals surface area contributed by atoms with Crippen molar-refractivity contribution < 1.29 is 9.47 Å². The van der Waals surface area contributed by atoms with Crippen molar-refractivity contribution in [2.24, 2.45) is 0 Å². The zero-order valence-corrected chi connectivity index (χ0v) is 12.7. The lowest BCUT2D eigenvalue weighted by atomic mass is 10.1. The molecular weight excluding hydrogens is 304 g/mol. The lowest BCUT2D eigenvalue weighted by Crippen LogP contribution is -1.94. The normalized spacial score (nSPS) is 10.3. The molecule has 2 rings (SSSR count). The first kappa shape index (κ1) is 13.9. The Morgan fingerprint density at radius 1 is 1.00 bits per heavy atom. The van der Waals surface area contributed by atoms with Gasteiger partial charge in [0.1, 0.15) is 5.75 Å². The number of ether oxygens (including phenoxy) is 2. The van der Waals surface area contributed by atoms with Gasteiger partial charge >= 0.3 is 0 Å². The van der Waals surface area contributed by atoms with Gasteiger partial charge in [0, 0.05) is 10.9 Å². The Bertz CT molecular complexity index is 552. The first-order valence-corrected chi connectivity index (χ1v) is 7.39. The summed E-state index contributed by atoms with van der Waals surface area (Å²) in [7, 11) is 1.66. The first-order valence-electron chi connectivity index (χ1n) is 6.27. The van der Waals surface area contributed by atoms with Gasteiger partial charge in [0.2, 0.25) is 0 Å². The minimum atomic E-state index is 0.744. The zero-order valence-electron chi connectivity index (χ0n) is 11.2. The highest BCUT2D eigenvalue weighted by atomic mass is 79.9. The highest BCUT2D eigenvalue weighted by Gasteiger charge is 2.08. The number of aryl methyl sites for hydroxylation is 1. The summed E-state index contributed by atoms with van der Waals surface area (Å²) in [5.41, 5.74) is 2.35. The van der Waals surface area contributed by atoms with Crippen LogP contribution in [-0.2, 0) is 11.8 Å². The van der Waals surface area contributed by atoms with Crippen molar-refractivity contribution in [3.63, 3.8) is 0 Å². The number of benzene rings is 2. The number of rotatable bonds is 5. The van der Waals surface area contributed by atoms with Crippen LogP contribution in [-0.4, -0.2) is 7.11 Å². The van der Waals surface area contributed by atoms with Gasteiger partial charge in [0.25, 0.3) is 0 Å². The molecule has 0 saturated carbocycles. The molecule has 0 bridgehead atoms. The molecule has 0 N–H and O–H groups in total. The summed E-state index contributed by atoms with van der Waals surface area (Å²) >= 11 is 3.47. The van der Waals surface area contributed by atoms with Gasteiger partial charge in [0.05, 0.1) is 7.11 Å². The molecule has 2 nitrogen and oxygen atoms in total. The van der Waals surface area contributed by atoms with Gasteiger partial charge in [-0.15, -0.1) is 0 Å². The average molecular weight is 321 g/mol. The molecule has 0 spiro atoms. The van der Waals surface area contributed by atoms with E-state index in [1.807, 2.05) is 36.4 Å². The summed E-state index contributed by atoms with van der Waals surface area (Å²) in [6, 6.07) is 14.0. The molecule has 0 aliphatic rings. The van der Waals surface area contributed by atoms with Gasteiger partial charge in [-0.2, -0.15) is 0 Å². The molecule has 0 aliphatic carbocycles. The smallest absolute Gasteiger partial charge is 0.169 e. The van der Waals surface area contributed by atoms with Crippen LogP contribution in [0.25, 0.3) is 0 Å². The van der Waals surface area contributed by atoms with E-state index in [1.165, 1.54) is 5.56 Å². The molecule has 3 heteroatoms. The molecular formula is C16H17BrO2. The number of hydrogen-bond acceptors (Lipinski definition) is 2. The Balaban J connectivity index is 2.32. The predicted octanol–water partition coefficient (Wildman–Crippen LogP) is 4.94. The number of alkyl halides is 1. The maximum Gasteiger partial charge on any atom is 0.169 e. The van der Waals surface area contributed by atoms with Crippen molar-refractivity contribution in [2.45, 2.75) is 18.7 Å². The highest BCUT2D eigenvalue weighted by Crippen LogP contribution is 2.34. The summed E-state index contributed by atoms with van der Waals surface area (Å²) in [4.78, 5) is 0. The van der Waals surface area contributed by atoms with E-state index in [0.29, 0.717) is 0 Å². The number of hydrogen-bond donors (Lipinski definition) is 0. The van der Waals surface area contributed by atoms with Crippen molar-refractivity contribution in [2.75, 3.05) is 7.11 Å². The second-order valence-electron chi connectivity index (χ2n) is 4.18. The van der Waals surface area contributed by atoms with Gasteiger partial charge in [-0.1, -0.05) is 47.1 Å².